The van der Waals surface area contributed by atoms with Crippen LogP contribution in [-0.4, -0.2) is 61.5 Å². The van der Waals surface area contributed by atoms with Gasteiger partial charge in [-0.1, -0.05) is 0 Å². The van der Waals surface area contributed by atoms with E-state index in [1.807, 2.05) is 4.90 Å². The summed E-state index contributed by atoms with van der Waals surface area (Å²) in [5.41, 5.74) is -0.748. The van der Waals surface area contributed by atoms with Crippen molar-refractivity contribution in [3.8, 4) is 0 Å². The summed E-state index contributed by atoms with van der Waals surface area (Å²) in [6.07, 6.45) is -0.175. The molecule has 29 heavy (non-hydrogen) atoms. The minimum Gasteiger partial charge on any atom is -0.355 e. The second kappa shape index (κ2) is 8.47. The fraction of sp³-hybridized carbons (Fsp3) is 0.700. The predicted molar refractivity (Wildman–Crippen MR) is 99.2 cm³/mol. The van der Waals surface area contributed by atoms with Gasteiger partial charge in [-0.2, -0.15) is 13.2 Å². The van der Waals surface area contributed by atoms with E-state index in [2.05, 4.69) is 4.98 Å². The van der Waals surface area contributed by atoms with Gasteiger partial charge in [0.2, 0.25) is 5.91 Å². The van der Waals surface area contributed by atoms with Crippen LogP contribution in [0.5, 0.6) is 0 Å². The standard InChI is InChI=1S/C20H26F3N3O3/c21-20(22,23)16-6-1-7-24-17(16)25-8-2-4-14(12-25)18(27)26-9-3-5-15(13-26)19-28-10-11-29-19/h1,6-7,14-15,19H,2-5,8-13H2. The third-order valence-corrected chi connectivity index (χ3v) is 5.96. The number of anilines is 1. The smallest absolute Gasteiger partial charge is 0.355 e. The number of hydrogen-bond acceptors (Lipinski definition) is 5. The molecule has 0 N–H and O–H groups in total. The first-order valence-electron chi connectivity index (χ1n) is 10.2. The van der Waals surface area contributed by atoms with Gasteiger partial charge in [0, 0.05) is 38.3 Å². The molecule has 0 radical (unpaired) electrons. The Kier molecular flexibility index (Phi) is 5.96. The molecule has 3 fully saturated rings. The highest BCUT2D eigenvalue weighted by Crippen LogP contribution is 2.37. The average molecular weight is 413 g/mol. The van der Waals surface area contributed by atoms with Gasteiger partial charge in [-0.25, -0.2) is 4.98 Å². The molecule has 2 unspecified atom stereocenters. The Balaban J connectivity index is 1.44. The maximum atomic E-state index is 13.4. The SMILES string of the molecule is O=C(C1CCCN(c2ncccc2C(F)(F)F)C1)N1CCCC(C2OCCO2)C1. The fourth-order valence-corrected chi connectivity index (χ4v) is 4.58. The molecular weight excluding hydrogens is 387 g/mol. The highest BCUT2D eigenvalue weighted by Gasteiger charge is 2.39. The summed E-state index contributed by atoms with van der Waals surface area (Å²) in [5.74, 6) is -0.234. The van der Waals surface area contributed by atoms with E-state index < -0.39 is 11.7 Å². The zero-order valence-corrected chi connectivity index (χ0v) is 16.2. The Morgan fingerprint density at radius 3 is 2.62 bits per heavy atom. The summed E-state index contributed by atoms with van der Waals surface area (Å²) in [5, 5.41) is 0. The number of pyridine rings is 1. The van der Waals surface area contributed by atoms with Crippen LogP contribution in [0.15, 0.2) is 18.3 Å². The van der Waals surface area contributed by atoms with Crippen LogP contribution in [-0.2, 0) is 20.4 Å². The molecule has 0 aliphatic carbocycles. The molecule has 3 saturated heterocycles. The number of ether oxygens (including phenoxy) is 2. The molecule has 0 bridgehead atoms. The van der Waals surface area contributed by atoms with Gasteiger partial charge in [-0.3, -0.25) is 4.79 Å². The number of halogens is 3. The van der Waals surface area contributed by atoms with Crippen LogP contribution in [0.3, 0.4) is 0 Å². The summed E-state index contributed by atoms with van der Waals surface area (Å²) in [4.78, 5) is 20.6. The Hall–Kier alpha value is -1.87. The molecule has 4 heterocycles. The zero-order chi connectivity index (χ0) is 20.4. The van der Waals surface area contributed by atoms with Gasteiger partial charge >= 0.3 is 6.18 Å². The summed E-state index contributed by atoms with van der Waals surface area (Å²) in [6.45, 7) is 3.15. The van der Waals surface area contributed by atoms with E-state index in [9.17, 15) is 18.0 Å². The van der Waals surface area contributed by atoms with Crippen molar-refractivity contribution in [2.24, 2.45) is 11.8 Å². The number of rotatable bonds is 3. The van der Waals surface area contributed by atoms with Crippen molar-refractivity contribution < 1.29 is 27.4 Å². The first-order chi connectivity index (χ1) is 13.9. The Bertz CT molecular complexity index is 724. The molecule has 2 atom stereocenters. The number of hydrogen-bond donors (Lipinski definition) is 0. The fourth-order valence-electron chi connectivity index (χ4n) is 4.58. The van der Waals surface area contributed by atoms with Gasteiger partial charge in [0.25, 0.3) is 0 Å². The molecule has 9 heteroatoms. The molecule has 0 spiro atoms. The second-order valence-corrected chi connectivity index (χ2v) is 7.95. The number of likely N-dealkylation sites (tertiary alicyclic amines) is 1. The number of carbonyl (C=O) groups excluding carboxylic acids is 1. The summed E-state index contributed by atoms with van der Waals surface area (Å²) in [6, 6.07) is 2.34. The molecule has 0 saturated carbocycles. The highest BCUT2D eigenvalue weighted by molar-refractivity contribution is 5.80. The molecule has 6 nitrogen and oxygen atoms in total. The van der Waals surface area contributed by atoms with Crippen molar-refractivity contribution in [2.45, 2.75) is 38.1 Å². The van der Waals surface area contributed by atoms with Gasteiger partial charge in [-0.05, 0) is 37.8 Å². The lowest BCUT2D eigenvalue weighted by atomic mass is 9.92. The van der Waals surface area contributed by atoms with Crippen LogP contribution in [0, 0.1) is 11.8 Å². The van der Waals surface area contributed by atoms with E-state index in [0.717, 1.165) is 18.9 Å². The van der Waals surface area contributed by atoms with Crippen LogP contribution < -0.4 is 4.90 Å². The Labute approximate surface area is 168 Å². The van der Waals surface area contributed by atoms with Crippen molar-refractivity contribution in [3.05, 3.63) is 23.9 Å². The van der Waals surface area contributed by atoms with Crippen molar-refractivity contribution in [1.29, 1.82) is 0 Å². The second-order valence-electron chi connectivity index (χ2n) is 7.95. The summed E-state index contributed by atoms with van der Waals surface area (Å²) >= 11 is 0. The number of aromatic nitrogens is 1. The first kappa shape index (κ1) is 20.4. The third kappa shape index (κ3) is 4.50. The quantitative estimate of drug-likeness (QED) is 0.763. The van der Waals surface area contributed by atoms with E-state index in [1.165, 1.54) is 12.3 Å². The molecule has 3 aliphatic heterocycles. The van der Waals surface area contributed by atoms with E-state index in [-0.39, 0.29) is 36.4 Å². The molecule has 1 aromatic heterocycles. The molecule has 0 aromatic carbocycles. The van der Waals surface area contributed by atoms with Crippen LogP contribution >= 0.6 is 0 Å². The largest absolute Gasteiger partial charge is 0.419 e. The van der Waals surface area contributed by atoms with Gasteiger partial charge in [0.1, 0.15) is 5.82 Å². The lowest BCUT2D eigenvalue weighted by molar-refractivity contribution is -0.143. The average Bonchev–Trinajstić information content (AvgIpc) is 3.28. The molecule has 3 aliphatic rings. The van der Waals surface area contributed by atoms with Gasteiger partial charge < -0.3 is 19.3 Å². The lowest BCUT2D eigenvalue weighted by Gasteiger charge is -2.39. The van der Waals surface area contributed by atoms with E-state index in [4.69, 9.17) is 9.47 Å². The van der Waals surface area contributed by atoms with Crippen molar-refractivity contribution in [2.75, 3.05) is 44.3 Å². The topological polar surface area (TPSA) is 54.9 Å². The predicted octanol–water partition coefficient (Wildman–Crippen LogP) is 2.93. The van der Waals surface area contributed by atoms with Crippen LogP contribution in [0.1, 0.15) is 31.2 Å². The zero-order valence-electron chi connectivity index (χ0n) is 16.2. The number of carbonyl (C=O) groups is 1. The summed E-state index contributed by atoms with van der Waals surface area (Å²) < 4.78 is 51.3. The summed E-state index contributed by atoms with van der Waals surface area (Å²) in [7, 11) is 0. The Morgan fingerprint density at radius 1 is 1.10 bits per heavy atom. The number of alkyl halides is 3. The van der Waals surface area contributed by atoms with Crippen LogP contribution in [0.25, 0.3) is 0 Å². The number of amides is 1. The lowest BCUT2D eigenvalue weighted by Crippen LogP contribution is -2.49. The van der Waals surface area contributed by atoms with Crippen molar-refractivity contribution in [1.82, 2.24) is 9.88 Å². The van der Waals surface area contributed by atoms with Crippen molar-refractivity contribution in [3.63, 3.8) is 0 Å². The Morgan fingerprint density at radius 2 is 1.86 bits per heavy atom. The maximum absolute atomic E-state index is 13.4. The normalized spacial score (nSPS) is 26.7. The number of nitrogens with zero attached hydrogens (tertiary/aromatic N) is 3. The third-order valence-electron chi connectivity index (χ3n) is 5.96. The van der Waals surface area contributed by atoms with E-state index in [0.29, 0.717) is 45.7 Å². The first-order valence-corrected chi connectivity index (χ1v) is 10.2. The molecule has 1 amide bonds. The number of piperidine rings is 2. The monoisotopic (exact) mass is 413 g/mol. The van der Waals surface area contributed by atoms with Gasteiger partial charge in [0.05, 0.1) is 24.7 Å². The molecule has 1 aromatic rings. The van der Waals surface area contributed by atoms with Crippen LogP contribution in [0.2, 0.25) is 0 Å². The maximum Gasteiger partial charge on any atom is 0.419 e. The molecule has 160 valence electrons. The van der Waals surface area contributed by atoms with Gasteiger partial charge in [-0.15, -0.1) is 0 Å². The van der Waals surface area contributed by atoms with E-state index in [1.54, 1.807) is 4.90 Å². The highest BCUT2D eigenvalue weighted by atomic mass is 19.4. The minimum absolute atomic E-state index is 0.0156. The van der Waals surface area contributed by atoms with Gasteiger partial charge in [0.15, 0.2) is 6.29 Å². The van der Waals surface area contributed by atoms with Crippen LogP contribution in [0.4, 0.5) is 19.0 Å². The van der Waals surface area contributed by atoms with E-state index >= 15 is 0 Å². The molecular formula is C20H26F3N3O3. The minimum atomic E-state index is -4.47. The molecule has 4 rings (SSSR count). The van der Waals surface area contributed by atoms with Crippen molar-refractivity contribution >= 4 is 11.7 Å².